The zero-order chi connectivity index (χ0) is 14.0. The van der Waals surface area contributed by atoms with Gasteiger partial charge in [0, 0.05) is 19.6 Å². The normalized spacial score (nSPS) is 23.2. The minimum absolute atomic E-state index is 0.0831. The summed E-state index contributed by atoms with van der Waals surface area (Å²) < 4.78 is 0. The van der Waals surface area contributed by atoms with E-state index in [0.717, 1.165) is 13.0 Å². The molecule has 6 heteroatoms. The smallest absolute Gasteiger partial charge is 0.276 e. The van der Waals surface area contributed by atoms with Crippen LogP contribution in [-0.4, -0.2) is 29.5 Å². The third-order valence-corrected chi connectivity index (χ3v) is 3.93. The Balaban J connectivity index is 2.37. The maximum Gasteiger partial charge on any atom is 0.276 e. The third-order valence-electron chi connectivity index (χ3n) is 3.93. The van der Waals surface area contributed by atoms with Crippen LogP contribution in [0.3, 0.4) is 0 Å². The van der Waals surface area contributed by atoms with Crippen LogP contribution in [-0.2, 0) is 0 Å². The molecule has 1 fully saturated rings. The van der Waals surface area contributed by atoms with E-state index in [-0.39, 0.29) is 10.6 Å². The van der Waals surface area contributed by atoms with Gasteiger partial charge in [-0.3, -0.25) is 10.1 Å². The number of piperidine rings is 1. The second-order valence-electron chi connectivity index (χ2n) is 5.13. The molecular weight excluding hydrogens is 244 g/mol. The third kappa shape index (κ3) is 2.77. The van der Waals surface area contributed by atoms with Crippen LogP contribution >= 0.6 is 0 Å². The van der Waals surface area contributed by atoms with E-state index in [1.54, 1.807) is 13.1 Å². The van der Waals surface area contributed by atoms with Gasteiger partial charge in [0.1, 0.15) is 11.6 Å². The van der Waals surface area contributed by atoms with Crippen molar-refractivity contribution >= 4 is 17.3 Å². The minimum atomic E-state index is -0.371. The van der Waals surface area contributed by atoms with Gasteiger partial charge in [-0.2, -0.15) is 0 Å². The molecule has 19 heavy (non-hydrogen) atoms. The van der Waals surface area contributed by atoms with Gasteiger partial charge in [0.15, 0.2) is 0 Å². The van der Waals surface area contributed by atoms with Gasteiger partial charge in [0.05, 0.1) is 17.1 Å². The summed E-state index contributed by atoms with van der Waals surface area (Å²) in [7, 11) is 1.72. The number of nitrogens with zero attached hydrogens (tertiary/aromatic N) is 3. The topological polar surface area (TPSA) is 71.3 Å². The Labute approximate surface area is 113 Å². The minimum Gasteiger partial charge on any atom is -0.373 e. The molecule has 6 nitrogen and oxygen atoms in total. The largest absolute Gasteiger partial charge is 0.373 e. The van der Waals surface area contributed by atoms with Crippen molar-refractivity contribution in [2.24, 2.45) is 5.92 Å². The van der Waals surface area contributed by atoms with Crippen molar-refractivity contribution in [3.05, 3.63) is 22.2 Å². The van der Waals surface area contributed by atoms with Crippen LogP contribution in [0, 0.1) is 16.0 Å². The van der Waals surface area contributed by atoms with Crippen molar-refractivity contribution in [3.63, 3.8) is 0 Å². The summed E-state index contributed by atoms with van der Waals surface area (Å²) >= 11 is 0. The first kappa shape index (κ1) is 13.6. The summed E-state index contributed by atoms with van der Waals surface area (Å²) in [5.41, 5.74) is 0.0831. The molecule has 1 aliphatic heterocycles. The number of hydrogen-bond acceptors (Lipinski definition) is 5. The van der Waals surface area contributed by atoms with E-state index in [9.17, 15) is 10.1 Å². The first-order valence-electron chi connectivity index (χ1n) is 6.63. The number of pyridine rings is 1. The molecule has 1 aromatic rings. The Morgan fingerprint density at radius 2 is 2.21 bits per heavy atom. The highest BCUT2D eigenvalue weighted by Crippen LogP contribution is 2.30. The molecular formula is C13H20N4O2. The molecule has 1 aromatic heterocycles. The molecule has 0 radical (unpaired) electrons. The number of hydrogen-bond donors (Lipinski definition) is 1. The molecule has 1 N–H and O–H groups in total. The van der Waals surface area contributed by atoms with Gasteiger partial charge in [-0.25, -0.2) is 4.98 Å². The number of nitrogens with one attached hydrogen (secondary N) is 1. The molecule has 0 saturated carbocycles. The number of nitro groups is 1. The lowest BCUT2D eigenvalue weighted by Crippen LogP contribution is -2.43. The van der Waals surface area contributed by atoms with Crippen molar-refractivity contribution in [2.75, 3.05) is 23.8 Å². The first-order valence-corrected chi connectivity index (χ1v) is 6.63. The van der Waals surface area contributed by atoms with Crippen molar-refractivity contribution < 1.29 is 4.92 Å². The van der Waals surface area contributed by atoms with Crippen LogP contribution < -0.4 is 10.2 Å². The van der Waals surface area contributed by atoms with E-state index in [0.29, 0.717) is 23.6 Å². The maximum absolute atomic E-state index is 11.0. The van der Waals surface area contributed by atoms with Gasteiger partial charge in [-0.15, -0.1) is 0 Å². The van der Waals surface area contributed by atoms with E-state index >= 15 is 0 Å². The highest BCUT2D eigenvalue weighted by Gasteiger charge is 2.27. The van der Waals surface area contributed by atoms with Gasteiger partial charge in [0.25, 0.3) is 5.69 Å². The molecule has 0 aromatic carbocycles. The van der Waals surface area contributed by atoms with Crippen LogP contribution in [0.4, 0.5) is 17.3 Å². The van der Waals surface area contributed by atoms with Crippen molar-refractivity contribution in [3.8, 4) is 0 Å². The highest BCUT2D eigenvalue weighted by atomic mass is 16.6. The molecule has 104 valence electrons. The first-order chi connectivity index (χ1) is 9.02. The van der Waals surface area contributed by atoms with Gasteiger partial charge in [-0.1, -0.05) is 6.92 Å². The van der Waals surface area contributed by atoms with Crippen LogP contribution in [0.25, 0.3) is 0 Å². The summed E-state index contributed by atoms with van der Waals surface area (Å²) in [6.07, 6.45) is 2.30. The van der Waals surface area contributed by atoms with Crippen molar-refractivity contribution in [1.29, 1.82) is 0 Å². The Morgan fingerprint density at radius 3 is 2.84 bits per heavy atom. The lowest BCUT2D eigenvalue weighted by atomic mass is 9.92. The molecule has 2 heterocycles. The average Bonchev–Trinajstić information content (AvgIpc) is 2.41. The Bertz CT molecular complexity index is 478. The van der Waals surface area contributed by atoms with E-state index in [2.05, 4.69) is 29.0 Å². The summed E-state index contributed by atoms with van der Waals surface area (Å²) in [5, 5.41) is 13.9. The van der Waals surface area contributed by atoms with E-state index in [4.69, 9.17) is 0 Å². The Morgan fingerprint density at radius 1 is 1.47 bits per heavy atom. The molecule has 1 saturated heterocycles. The van der Waals surface area contributed by atoms with Crippen LogP contribution in [0.5, 0.6) is 0 Å². The van der Waals surface area contributed by atoms with Crippen LogP contribution in [0.15, 0.2) is 12.1 Å². The van der Waals surface area contributed by atoms with E-state index < -0.39 is 0 Å². The monoisotopic (exact) mass is 264 g/mol. The van der Waals surface area contributed by atoms with Gasteiger partial charge in [0.2, 0.25) is 0 Å². The lowest BCUT2D eigenvalue weighted by Gasteiger charge is -2.38. The predicted molar refractivity (Wildman–Crippen MR) is 75.6 cm³/mol. The average molecular weight is 264 g/mol. The van der Waals surface area contributed by atoms with Crippen molar-refractivity contribution in [1.82, 2.24) is 4.98 Å². The second-order valence-corrected chi connectivity index (χ2v) is 5.13. The Hall–Kier alpha value is -1.85. The molecule has 2 unspecified atom stereocenters. The molecule has 0 amide bonds. The van der Waals surface area contributed by atoms with Crippen LogP contribution in [0.2, 0.25) is 0 Å². The lowest BCUT2D eigenvalue weighted by molar-refractivity contribution is -0.384. The highest BCUT2D eigenvalue weighted by molar-refractivity contribution is 5.56. The SMILES string of the molecule is CNc1cc([N+](=O)[O-])cc(N2CCCC(C)C2C)n1. The number of anilines is 2. The molecule has 0 bridgehead atoms. The van der Waals surface area contributed by atoms with Crippen molar-refractivity contribution in [2.45, 2.75) is 32.7 Å². The van der Waals surface area contributed by atoms with Gasteiger partial charge >= 0.3 is 0 Å². The summed E-state index contributed by atoms with van der Waals surface area (Å²) in [6.45, 7) is 5.28. The number of aromatic nitrogens is 1. The summed E-state index contributed by atoms with van der Waals surface area (Å²) in [6, 6.07) is 3.38. The molecule has 0 spiro atoms. The standard InChI is InChI=1S/C13H20N4O2/c1-9-5-4-6-16(10(9)2)13-8-11(17(18)19)7-12(14-3)15-13/h7-10H,4-6H2,1-3H3,(H,14,15). The summed E-state index contributed by atoms with van der Waals surface area (Å²) in [4.78, 5) is 17.2. The van der Waals surface area contributed by atoms with Gasteiger partial charge < -0.3 is 10.2 Å². The molecule has 0 aliphatic carbocycles. The second kappa shape index (κ2) is 5.42. The maximum atomic E-state index is 11.0. The zero-order valence-electron chi connectivity index (χ0n) is 11.6. The fraction of sp³-hybridized carbons (Fsp3) is 0.615. The molecule has 1 aliphatic rings. The fourth-order valence-electron chi connectivity index (χ4n) is 2.54. The Kier molecular flexibility index (Phi) is 3.87. The molecule has 2 rings (SSSR count). The van der Waals surface area contributed by atoms with Gasteiger partial charge in [-0.05, 0) is 25.7 Å². The van der Waals surface area contributed by atoms with Crippen LogP contribution in [0.1, 0.15) is 26.7 Å². The summed E-state index contributed by atoms with van der Waals surface area (Å²) in [5.74, 6) is 1.81. The quantitative estimate of drug-likeness (QED) is 0.671. The zero-order valence-corrected chi connectivity index (χ0v) is 11.6. The van der Waals surface area contributed by atoms with E-state index in [1.165, 1.54) is 12.5 Å². The predicted octanol–water partition coefficient (Wildman–Crippen LogP) is 2.66. The fourth-order valence-corrected chi connectivity index (χ4v) is 2.54. The van der Waals surface area contributed by atoms with E-state index in [1.807, 2.05) is 0 Å². The number of rotatable bonds is 3. The molecule has 2 atom stereocenters.